The summed E-state index contributed by atoms with van der Waals surface area (Å²) in [6, 6.07) is -0.223. The maximum atomic E-state index is 14.5. The van der Waals surface area contributed by atoms with Crippen LogP contribution in [0.4, 0.5) is 22.4 Å². The molecule has 3 atom stereocenters. The van der Waals surface area contributed by atoms with Crippen LogP contribution in [0.5, 0.6) is 0 Å². The van der Waals surface area contributed by atoms with Gasteiger partial charge in [0.25, 0.3) is 0 Å². The number of morpholine rings is 1. The van der Waals surface area contributed by atoms with Gasteiger partial charge in [-0.15, -0.1) is 0 Å². The average molecular weight is 499 g/mol. The van der Waals surface area contributed by atoms with E-state index < -0.39 is 24.0 Å². The predicted molar refractivity (Wildman–Crippen MR) is 119 cm³/mol. The summed E-state index contributed by atoms with van der Waals surface area (Å²) in [7, 11) is 0. The lowest BCUT2D eigenvalue weighted by atomic mass is 9.86. The number of amides is 3. The van der Waals surface area contributed by atoms with Crippen molar-refractivity contribution in [3.05, 3.63) is 35.2 Å². The van der Waals surface area contributed by atoms with Crippen molar-refractivity contribution in [2.75, 3.05) is 52.4 Å². The highest BCUT2D eigenvalue weighted by Gasteiger charge is 2.46. The molecule has 0 radical (unpaired) electrons. The number of rotatable bonds is 2. The van der Waals surface area contributed by atoms with Crippen molar-refractivity contribution in [2.24, 2.45) is 5.41 Å². The molecule has 4 heterocycles. The average Bonchev–Trinajstić information content (AvgIpc) is 3.36. The Labute approximate surface area is 201 Å². The number of allylic oxidation sites excluding steroid dienone is 4. The smallest absolute Gasteiger partial charge is 0.366 e. The van der Waals surface area contributed by atoms with Gasteiger partial charge in [-0.1, -0.05) is 12.2 Å². The predicted octanol–water partition coefficient (Wildman–Crippen LogP) is 2.77. The second-order valence-electron chi connectivity index (χ2n) is 10.3. The topological polar surface area (TPSA) is 65.1 Å². The number of carbonyl (C=O) groups excluding carboxylic acids is 2. The Balaban J connectivity index is 1.17. The normalized spacial score (nSPS) is 32.1. The highest BCUT2D eigenvalue weighted by Crippen LogP contribution is 2.41. The molecule has 35 heavy (non-hydrogen) atoms. The second-order valence-corrected chi connectivity index (χ2v) is 10.3. The van der Waals surface area contributed by atoms with Gasteiger partial charge in [0.2, 0.25) is 5.91 Å². The molecule has 4 saturated heterocycles. The molecule has 1 aliphatic carbocycles. The quantitative estimate of drug-likeness (QED) is 0.595. The standard InChI is InChI=1S/C24H30F4N4O3/c25-18-4-3-17(24(26,27)28)2-1-16(18)11-30-9-6-23(14-30)7-10-32(15-23)22(34)31-8-5-20-19(12-31)29-21(33)13-35-20/h1-2,4,19-20H,3,5-15H2,(H,29,33)/t19-,20+,23?/m1/s1. The van der Waals surface area contributed by atoms with Gasteiger partial charge in [-0.25, -0.2) is 9.18 Å². The van der Waals surface area contributed by atoms with Crippen molar-refractivity contribution in [3.63, 3.8) is 0 Å². The van der Waals surface area contributed by atoms with E-state index in [1.165, 1.54) is 6.08 Å². The van der Waals surface area contributed by atoms with Crippen LogP contribution in [0.3, 0.4) is 0 Å². The third kappa shape index (κ3) is 5.11. The van der Waals surface area contributed by atoms with Crippen molar-refractivity contribution in [1.82, 2.24) is 20.0 Å². The summed E-state index contributed by atoms with van der Waals surface area (Å²) in [6.07, 6.45) is 0.607. The summed E-state index contributed by atoms with van der Waals surface area (Å²) in [5.41, 5.74) is -0.588. The lowest BCUT2D eigenvalue weighted by Crippen LogP contribution is -2.62. The van der Waals surface area contributed by atoms with Crippen LogP contribution in [0, 0.1) is 5.41 Å². The molecule has 7 nitrogen and oxygen atoms in total. The van der Waals surface area contributed by atoms with E-state index in [4.69, 9.17) is 4.74 Å². The van der Waals surface area contributed by atoms with Crippen LogP contribution in [0.15, 0.2) is 35.2 Å². The lowest BCUT2D eigenvalue weighted by molar-refractivity contribution is -0.139. The van der Waals surface area contributed by atoms with E-state index in [-0.39, 0.29) is 48.2 Å². The summed E-state index contributed by atoms with van der Waals surface area (Å²) in [5.74, 6) is -0.765. The van der Waals surface area contributed by atoms with Crippen molar-refractivity contribution >= 4 is 11.9 Å². The number of alkyl halides is 3. The maximum absolute atomic E-state index is 14.5. The molecular weight excluding hydrogens is 468 g/mol. The molecule has 192 valence electrons. The zero-order valence-electron chi connectivity index (χ0n) is 19.5. The first-order chi connectivity index (χ1) is 16.6. The molecule has 1 unspecified atom stereocenters. The van der Waals surface area contributed by atoms with Gasteiger partial charge in [0.05, 0.1) is 12.1 Å². The van der Waals surface area contributed by atoms with Crippen LogP contribution in [0.1, 0.15) is 25.7 Å². The minimum atomic E-state index is -4.47. The van der Waals surface area contributed by atoms with E-state index in [1.54, 1.807) is 4.90 Å². The molecule has 4 fully saturated rings. The molecule has 4 aliphatic heterocycles. The Morgan fingerprint density at radius 1 is 1.14 bits per heavy atom. The van der Waals surface area contributed by atoms with Gasteiger partial charge in [0.1, 0.15) is 12.4 Å². The maximum Gasteiger partial charge on any atom is 0.412 e. The van der Waals surface area contributed by atoms with Crippen LogP contribution in [0.25, 0.3) is 0 Å². The number of halogens is 4. The Kier molecular flexibility index (Phi) is 6.41. The molecule has 0 aromatic carbocycles. The number of nitrogens with zero attached hydrogens (tertiary/aromatic N) is 3. The molecule has 0 aromatic rings. The third-order valence-corrected chi connectivity index (χ3v) is 7.87. The number of fused-ring (bicyclic) bond motifs is 1. The zero-order chi connectivity index (χ0) is 24.8. The molecule has 1 spiro atoms. The lowest BCUT2D eigenvalue weighted by Gasteiger charge is -2.42. The first kappa shape index (κ1) is 24.3. The van der Waals surface area contributed by atoms with Crippen LogP contribution in [0.2, 0.25) is 0 Å². The summed E-state index contributed by atoms with van der Waals surface area (Å²) in [6.45, 7) is 3.94. The molecule has 5 aliphatic rings. The van der Waals surface area contributed by atoms with Gasteiger partial charge in [0, 0.05) is 55.8 Å². The number of nitrogens with one attached hydrogen (secondary N) is 1. The zero-order valence-corrected chi connectivity index (χ0v) is 19.5. The van der Waals surface area contributed by atoms with Crippen molar-refractivity contribution in [3.8, 4) is 0 Å². The van der Waals surface area contributed by atoms with E-state index >= 15 is 0 Å². The Bertz CT molecular complexity index is 978. The number of hydrogen-bond donors (Lipinski definition) is 1. The molecule has 1 N–H and O–H groups in total. The molecular formula is C24H30F4N4O3. The Morgan fingerprint density at radius 3 is 2.74 bits per heavy atom. The second kappa shape index (κ2) is 9.24. The van der Waals surface area contributed by atoms with Crippen LogP contribution in [-0.4, -0.2) is 97.4 Å². The third-order valence-electron chi connectivity index (χ3n) is 7.87. The van der Waals surface area contributed by atoms with E-state index in [0.29, 0.717) is 45.7 Å². The van der Waals surface area contributed by atoms with E-state index in [2.05, 4.69) is 10.2 Å². The SMILES string of the molecule is O=C1CO[C@H]2CCN(C(=O)N3CCC4(CCN(CC5=CC=C(C(F)(F)F)CC=C5F)C4)C3)C[C@H]2N1. The largest absolute Gasteiger partial charge is 0.412 e. The van der Waals surface area contributed by atoms with E-state index in [1.807, 2.05) is 4.90 Å². The first-order valence-electron chi connectivity index (χ1n) is 12.1. The fourth-order valence-electron chi connectivity index (χ4n) is 5.93. The van der Waals surface area contributed by atoms with E-state index in [9.17, 15) is 27.2 Å². The van der Waals surface area contributed by atoms with Crippen molar-refractivity contribution < 1.29 is 31.9 Å². The molecule has 5 rings (SSSR count). The molecule has 3 amide bonds. The molecule has 0 saturated carbocycles. The molecule has 11 heteroatoms. The Hall–Kier alpha value is -2.40. The fourth-order valence-corrected chi connectivity index (χ4v) is 5.93. The summed E-state index contributed by atoms with van der Waals surface area (Å²) in [4.78, 5) is 30.6. The minimum absolute atomic E-state index is 0.0381. The summed E-state index contributed by atoms with van der Waals surface area (Å²) < 4.78 is 59.0. The highest BCUT2D eigenvalue weighted by molar-refractivity contribution is 5.79. The monoisotopic (exact) mass is 498 g/mol. The fraction of sp³-hybridized carbons (Fsp3) is 0.667. The number of carbonyl (C=O) groups is 2. The van der Waals surface area contributed by atoms with Crippen molar-refractivity contribution in [2.45, 2.75) is 44.0 Å². The van der Waals surface area contributed by atoms with Gasteiger partial charge in [-0.3, -0.25) is 9.69 Å². The number of piperidine rings is 1. The number of ether oxygens (including phenoxy) is 1. The van der Waals surface area contributed by atoms with Crippen molar-refractivity contribution in [1.29, 1.82) is 0 Å². The number of hydrogen-bond acceptors (Lipinski definition) is 4. The van der Waals surface area contributed by atoms with Crippen LogP contribution < -0.4 is 5.32 Å². The number of likely N-dealkylation sites (tertiary alicyclic amines) is 3. The van der Waals surface area contributed by atoms with Crippen LogP contribution >= 0.6 is 0 Å². The van der Waals surface area contributed by atoms with E-state index in [0.717, 1.165) is 25.0 Å². The minimum Gasteiger partial charge on any atom is -0.366 e. The Morgan fingerprint density at radius 2 is 1.94 bits per heavy atom. The first-order valence-corrected chi connectivity index (χ1v) is 12.1. The van der Waals surface area contributed by atoms with Gasteiger partial charge in [-0.05, 0) is 38.3 Å². The summed E-state index contributed by atoms with van der Waals surface area (Å²) >= 11 is 0. The van der Waals surface area contributed by atoms with Crippen LogP contribution in [-0.2, 0) is 9.53 Å². The van der Waals surface area contributed by atoms with Gasteiger partial charge in [-0.2, -0.15) is 13.2 Å². The molecule has 0 bridgehead atoms. The van der Waals surface area contributed by atoms with Gasteiger partial charge in [0.15, 0.2) is 0 Å². The van der Waals surface area contributed by atoms with Gasteiger partial charge >= 0.3 is 12.2 Å². The highest BCUT2D eigenvalue weighted by atomic mass is 19.4. The van der Waals surface area contributed by atoms with Gasteiger partial charge < -0.3 is 19.9 Å². The number of urea groups is 1. The summed E-state index contributed by atoms with van der Waals surface area (Å²) in [5, 5.41) is 2.92. The molecule has 0 aromatic heterocycles.